The van der Waals surface area contributed by atoms with Crippen LogP contribution in [-0.2, 0) is 22.4 Å². The minimum absolute atomic E-state index is 0.161. The number of ether oxygens (including phenoxy) is 1. The standard InChI is InChI=1S/C26H34N4O4/c1-16-5-6-17(2)28-23(16)25(31)30-22(26(32)33)11-13-34-21-14-18(15-21)7-9-20-10-8-19-4-3-12-27-24(19)29-20/h5-6,8,10,18,21-22H,3-4,7,9,11-15H2,1-2H3,(H,27,29)(H,30,31)(H,32,33). The molecule has 1 aliphatic carbocycles. The van der Waals surface area contributed by atoms with Crippen LogP contribution in [0.4, 0.5) is 5.82 Å². The van der Waals surface area contributed by atoms with Crippen LogP contribution in [0.2, 0.25) is 0 Å². The summed E-state index contributed by atoms with van der Waals surface area (Å²) in [6.45, 7) is 4.88. The van der Waals surface area contributed by atoms with Gasteiger partial charge >= 0.3 is 5.97 Å². The molecule has 4 rings (SSSR count). The first-order valence-electron chi connectivity index (χ1n) is 12.2. The molecular formula is C26H34N4O4. The van der Waals surface area contributed by atoms with Crippen LogP contribution in [0.5, 0.6) is 0 Å². The molecule has 8 nitrogen and oxygen atoms in total. The summed E-state index contributed by atoms with van der Waals surface area (Å²) in [6, 6.07) is 6.97. The van der Waals surface area contributed by atoms with Crippen LogP contribution in [-0.4, -0.2) is 52.2 Å². The lowest BCUT2D eigenvalue weighted by Gasteiger charge is -2.35. The highest BCUT2D eigenvalue weighted by atomic mass is 16.5. The maximum absolute atomic E-state index is 12.5. The molecular weight excluding hydrogens is 432 g/mol. The molecule has 3 heterocycles. The van der Waals surface area contributed by atoms with Gasteiger partial charge in [0.05, 0.1) is 6.10 Å². The molecule has 1 unspecified atom stereocenters. The number of carboxylic acid groups (broad SMARTS) is 1. The predicted octanol–water partition coefficient (Wildman–Crippen LogP) is 3.45. The average molecular weight is 467 g/mol. The molecule has 2 aromatic heterocycles. The Bertz CT molecular complexity index is 1040. The number of aliphatic carboxylic acids is 1. The second kappa shape index (κ2) is 11.0. The van der Waals surface area contributed by atoms with Crippen molar-refractivity contribution in [1.29, 1.82) is 0 Å². The molecule has 34 heavy (non-hydrogen) atoms. The number of nitrogens with zero attached hydrogens (tertiary/aromatic N) is 2. The van der Waals surface area contributed by atoms with E-state index in [0.717, 1.165) is 50.2 Å². The van der Waals surface area contributed by atoms with Crippen LogP contribution in [0.1, 0.15) is 65.1 Å². The van der Waals surface area contributed by atoms with Gasteiger partial charge < -0.3 is 20.5 Å². The lowest BCUT2D eigenvalue weighted by molar-refractivity contribution is -0.140. The Balaban J connectivity index is 1.16. The third-order valence-electron chi connectivity index (χ3n) is 6.77. The maximum atomic E-state index is 12.5. The summed E-state index contributed by atoms with van der Waals surface area (Å²) >= 11 is 0. The Labute approximate surface area is 200 Å². The third-order valence-corrected chi connectivity index (χ3v) is 6.77. The molecule has 3 N–H and O–H groups in total. The topological polar surface area (TPSA) is 113 Å². The van der Waals surface area contributed by atoms with Gasteiger partial charge in [0.15, 0.2) is 0 Å². The number of pyridine rings is 2. The number of nitrogens with one attached hydrogen (secondary N) is 2. The van der Waals surface area contributed by atoms with Gasteiger partial charge in [-0.3, -0.25) is 4.79 Å². The molecule has 0 radical (unpaired) electrons. The van der Waals surface area contributed by atoms with E-state index >= 15 is 0 Å². The zero-order chi connectivity index (χ0) is 24.1. The predicted molar refractivity (Wildman–Crippen MR) is 129 cm³/mol. The first kappa shape index (κ1) is 24.1. The molecule has 1 aliphatic heterocycles. The molecule has 1 atom stereocenters. The number of fused-ring (bicyclic) bond motifs is 1. The fourth-order valence-corrected chi connectivity index (χ4v) is 4.60. The summed E-state index contributed by atoms with van der Waals surface area (Å²) < 4.78 is 5.89. The molecule has 1 fully saturated rings. The quantitative estimate of drug-likeness (QED) is 0.491. The van der Waals surface area contributed by atoms with Gasteiger partial charge in [0, 0.05) is 31.0 Å². The van der Waals surface area contributed by atoms with Crippen molar-refractivity contribution < 1.29 is 19.4 Å². The van der Waals surface area contributed by atoms with Crippen molar-refractivity contribution in [2.24, 2.45) is 5.92 Å². The molecule has 1 saturated carbocycles. The number of hydrogen-bond donors (Lipinski definition) is 3. The van der Waals surface area contributed by atoms with Gasteiger partial charge in [-0.2, -0.15) is 0 Å². The molecule has 1 amide bonds. The van der Waals surface area contributed by atoms with Gasteiger partial charge in [0.1, 0.15) is 17.6 Å². The lowest BCUT2D eigenvalue weighted by Crippen LogP contribution is -2.42. The van der Waals surface area contributed by atoms with Gasteiger partial charge in [-0.15, -0.1) is 0 Å². The van der Waals surface area contributed by atoms with Crippen molar-refractivity contribution in [2.75, 3.05) is 18.5 Å². The van der Waals surface area contributed by atoms with Crippen LogP contribution in [0, 0.1) is 19.8 Å². The van der Waals surface area contributed by atoms with Crippen molar-refractivity contribution in [1.82, 2.24) is 15.3 Å². The third kappa shape index (κ3) is 6.11. The summed E-state index contributed by atoms with van der Waals surface area (Å²) in [5.74, 6) is 0.122. The molecule has 0 bridgehead atoms. The van der Waals surface area contributed by atoms with Crippen molar-refractivity contribution >= 4 is 17.7 Å². The van der Waals surface area contributed by atoms with Gasteiger partial charge in [0.25, 0.3) is 5.91 Å². The van der Waals surface area contributed by atoms with E-state index in [0.29, 0.717) is 23.8 Å². The van der Waals surface area contributed by atoms with E-state index in [9.17, 15) is 14.7 Å². The van der Waals surface area contributed by atoms with Crippen LogP contribution < -0.4 is 10.6 Å². The van der Waals surface area contributed by atoms with E-state index in [-0.39, 0.29) is 18.2 Å². The number of hydrogen-bond acceptors (Lipinski definition) is 6. The van der Waals surface area contributed by atoms with E-state index in [4.69, 9.17) is 9.72 Å². The number of aromatic nitrogens is 2. The summed E-state index contributed by atoms with van der Waals surface area (Å²) in [4.78, 5) is 33.2. The molecule has 0 aromatic carbocycles. The average Bonchev–Trinajstić information content (AvgIpc) is 2.80. The monoisotopic (exact) mass is 466 g/mol. The van der Waals surface area contributed by atoms with E-state index in [1.807, 2.05) is 12.1 Å². The lowest BCUT2D eigenvalue weighted by atomic mass is 9.79. The van der Waals surface area contributed by atoms with E-state index in [2.05, 4.69) is 27.8 Å². The molecule has 182 valence electrons. The van der Waals surface area contributed by atoms with Crippen LogP contribution >= 0.6 is 0 Å². The normalized spacial score (nSPS) is 19.9. The smallest absolute Gasteiger partial charge is 0.326 e. The minimum Gasteiger partial charge on any atom is -0.480 e. The zero-order valence-electron chi connectivity index (χ0n) is 20.0. The fourth-order valence-electron chi connectivity index (χ4n) is 4.60. The largest absolute Gasteiger partial charge is 0.480 e. The summed E-state index contributed by atoms with van der Waals surface area (Å²) in [5.41, 5.74) is 4.14. The number of amides is 1. The van der Waals surface area contributed by atoms with E-state index < -0.39 is 17.9 Å². The summed E-state index contributed by atoms with van der Waals surface area (Å²) in [7, 11) is 0. The van der Waals surface area contributed by atoms with Gasteiger partial charge in [0.2, 0.25) is 0 Å². The van der Waals surface area contributed by atoms with Crippen LogP contribution in [0.3, 0.4) is 0 Å². The Hall–Kier alpha value is -3.00. The van der Waals surface area contributed by atoms with Crippen LogP contribution in [0.15, 0.2) is 24.3 Å². The van der Waals surface area contributed by atoms with E-state index in [1.54, 1.807) is 13.8 Å². The second-order valence-electron chi connectivity index (χ2n) is 9.48. The Morgan fingerprint density at radius 3 is 2.82 bits per heavy atom. The minimum atomic E-state index is -1.07. The van der Waals surface area contributed by atoms with Gasteiger partial charge in [-0.1, -0.05) is 12.1 Å². The van der Waals surface area contributed by atoms with Crippen molar-refractivity contribution in [3.05, 3.63) is 52.5 Å². The highest BCUT2D eigenvalue weighted by molar-refractivity contribution is 5.96. The first-order valence-corrected chi connectivity index (χ1v) is 12.2. The number of carboxylic acids is 1. The number of rotatable bonds is 10. The molecule has 0 saturated heterocycles. The van der Waals surface area contributed by atoms with Gasteiger partial charge in [-0.05, 0) is 81.5 Å². The molecule has 2 aromatic rings. The molecule has 2 aliphatic rings. The van der Waals surface area contributed by atoms with Crippen molar-refractivity contribution in [3.63, 3.8) is 0 Å². The summed E-state index contributed by atoms with van der Waals surface area (Å²) in [5, 5.41) is 15.5. The number of carbonyl (C=O) groups is 2. The Kier molecular flexibility index (Phi) is 7.77. The Morgan fingerprint density at radius 2 is 2.03 bits per heavy atom. The summed E-state index contributed by atoms with van der Waals surface area (Å²) in [6.07, 6.45) is 6.67. The molecule has 0 spiro atoms. The number of anilines is 1. The molecule has 8 heteroatoms. The zero-order valence-corrected chi connectivity index (χ0v) is 20.0. The second-order valence-corrected chi connectivity index (χ2v) is 9.48. The van der Waals surface area contributed by atoms with Crippen molar-refractivity contribution in [3.8, 4) is 0 Å². The van der Waals surface area contributed by atoms with Gasteiger partial charge in [-0.25, -0.2) is 14.8 Å². The first-order chi connectivity index (χ1) is 16.4. The Morgan fingerprint density at radius 1 is 1.21 bits per heavy atom. The highest BCUT2D eigenvalue weighted by Gasteiger charge is 2.30. The number of aryl methyl sites for hydroxylation is 4. The fraction of sp³-hybridized carbons (Fsp3) is 0.538. The highest BCUT2D eigenvalue weighted by Crippen LogP contribution is 2.34. The SMILES string of the molecule is Cc1ccc(C)c(C(=O)NC(CCOC2CC(CCc3ccc4c(n3)NCCC4)C2)C(=O)O)n1. The maximum Gasteiger partial charge on any atom is 0.326 e. The van der Waals surface area contributed by atoms with Crippen LogP contribution in [0.25, 0.3) is 0 Å². The van der Waals surface area contributed by atoms with Crippen molar-refractivity contribution in [2.45, 2.75) is 70.9 Å². The van der Waals surface area contributed by atoms with E-state index in [1.165, 1.54) is 12.0 Å². The number of carbonyl (C=O) groups excluding carboxylic acids is 1.